The number of rotatable bonds is 3. The maximum Gasteiger partial charge on any atom is 0.226 e. The molecule has 2 fully saturated rings. The summed E-state index contributed by atoms with van der Waals surface area (Å²) in [5.74, 6) is 0.328. The summed E-state index contributed by atoms with van der Waals surface area (Å²) in [6.45, 7) is 0.888. The first kappa shape index (κ1) is 20.3. The van der Waals surface area contributed by atoms with Crippen molar-refractivity contribution in [2.75, 3.05) is 24.6 Å². The molecule has 2 aliphatic heterocycles. The van der Waals surface area contributed by atoms with Crippen molar-refractivity contribution in [3.8, 4) is 0 Å². The molecule has 4 atom stereocenters. The second kappa shape index (κ2) is 7.06. The minimum absolute atomic E-state index is 0.0137. The standard InChI is InChI=1S/C21H21ClFN5O4/c22-20-25-17(27-7-21(8-27)4-3-10-1-2-11(23)5-12(10)21)14-18(26-20)28(9-24-14)19-16(31)15(30)13(6-29)32-19/h1-2,5,9,13,15-16,19,29-31H,3-4,6-8H2/t13-,15-,16-,19-/m1/s1. The van der Waals surface area contributed by atoms with Crippen LogP contribution in [-0.4, -0.2) is 72.8 Å². The van der Waals surface area contributed by atoms with E-state index in [2.05, 4.69) is 15.0 Å². The maximum absolute atomic E-state index is 13.9. The Morgan fingerprint density at radius 2 is 2.03 bits per heavy atom. The monoisotopic (exact) mass is 461 g/mol. The van der Waals surface area contributed by atoms with Gasteiger partial charge in [0, 0.05) is 18.5 Å². The van der Waals surface area contributed by atoms with E-state index < -0.39 is 31.1 Å². The zero-order valence-corrected chi connectivity index (χ0v) is 17.7. The third-order valence-corrected chi connectivity index (χ3v) is 7.14. The number of anilines is 1. The van der Waals surface area contributed by atoms with Gasteiger partial charge >= 0.3 is 0 Å². The Bertz CT molecular complexity index is 1220. The van der Waals surface area contributed by atoms with Crippen LogP contribution in [0, 0.1) is 5.82 Å². The molecule has 2 saturated heterocycles. The van der Waals surface area contributed by atoms with E-state index >= 15 is 0 Å². The van der Waals surface area contributed by atoms with Gasteiger partial charge in [-0.25, -0.2) is 9.37 Å². The quantitative estimate of drug-likeness (QED) is 0.493. The fraction of sp³-hybridized carbons (Fsp3) is 0.476. The van der Waals surface area contributed by atoms with Crippen LogP contribution in [-0.2, 0) is 16.6 Å². The average Bonchev–Trinajstić information content (AvgIpc) is 3.41. The van der Waals surface area contributed by atoms with E-state index in [4.69, 9.17) is 16.3 Å². The lowest BCUT2D eigenvalue weighted by Crippen LogP contribution is -2.58. The molecule has 0 radical (unpaired) electrons. The molecule has 3 aromatic rings. The molecule has 11 heteroatoms. The van der Waals surface area contributed by atoms with E-state index in [1.165, 1.54) is 22.5 Å². The van der Waals surface area contributed by atoms with Gasteiger partial charge in [-0.3, -0.25) is 4.57 Å². The largest absolute Gasteiger partial charge is 0.394 e. The second-order valence-corrected chi connectivity index (χ2v) is 9.15. The molecule has 3 aliphatic rings. The van der Waals surface area contributed by atoms with Crippen molar-refractivity contribution in [1.29, 1.82) is 0 Å². The molecular weight excluding hydrogens is 441 g/mol. The predicted octanol–water partition coefficient (Wildman–Crippen LogP) is 0.935. The third-order valence-electron chi connectivity index (χ3n) is 6.97. The smallest absolute Gasteiger partial charge is 0.226 e. The number of aliphatic hydroxyl groups excluding tert-OH is 3. The van der Waals surface area contributed by atoms with Crippen molar-refractivity contribution < 1.29 is 24.4 Å². The van der Waals surface area contributed by atoms with Gasteiger partial charge in [-0.2, -0.15) is 9.97 Å². The number of hydrogen-bond acceptors (Lipinski definition) is 8. The van der Waals surface area contributed by atoms with Crippen LogP contribution in [0.15, 0.2) is 24.5 Å². The molecule has 0 unspecified atom stereocenters. The van der Waals surface area contributed by atoms with Gasteiger partial charge in [-0.05, 0) is 47.7 Å². The molecule has 6 rings (SSSR count). The van der Waals surface area contributed by atoms with E-state index in [1.54, 1.807) is 6.07 Å². The number of aromatic nitrogens is 4. The molecule has 9 nitrogen and oxygen atoms in total. The molecule has 168 valence electrons. The average molecular weight is 462 g/mol. The van der Waals surface area contributed by atoms with E-state index in [9.17, 15) is 19.7 Å². The summed E-state index contributed by atoms with van der Waals surface area (Å²) in [5, 5.41) is 29.9. The highest BCUT2D eigenvalue weighted by atomic mass is 35.5. The Labute approximate surface area is 187 Å². The lowest BCUT2D eigenvalue weighted by atomic mass is 9.74. The first-order chi connectivity index (χ1) is 15.4. The zero-order valence-electron chi connectivity index (χ0n) is 16.9. The Morgan fingerprint density at radius 1 is 1.22 bits per heavy atom. The minimum Gasteiger partial charge on any atom is -0.394 e. The van der Waals surface area contributed by atoms with Crippen LogP contribution >= 0.6 is 11.6 Å². The fourth-order valence-corrected chi connectivity index (χ4v) is 5.48. The van der Waals surface area contributed by atoms with Crippen molar-refractivity contribution >= 4 is 28.6 Å². The Hall–Kier alpha value is -2.37. The molecule has 1 aromatic carbocycles. The lowest BCUT2D eigenvalue weighted by Gasteiger charge is -2.49. The summed E-state index contributed by atoms with van der Waals surface area (Å²) >= 11 is 6.23. The van der Waals surface area contributed by atoms with Crippen molar-refractivity contribution in [3.63, 3.8) is 0 Å². The highest BCUT2D eigenvalue weighted by Gasteiger charge is 2.50. The normalized spacial score (nSPS) is 28.5. The number of fused-ring (bicyclic) bond motifs is 3. The summed E-state index contributed by atoms with van der Waals surface area (Å²) in [6.07, 6.45) is -1.07. The molecule has 32 heavy (non-hydrogen) atoms. The van der Waals surface area contributed by atoms with Crippen molar-refractivity contribution in [2.24, 2.45) is 0 Å². The summed E-state index contributed by atoms with van der Waals surface area (Å²) in [4.78, 5) is 15.1. The lowest BCUT2D eigenvalue weighted by molar-refractivity contribution is -0.0511. The molecular formula is C21H21ClFN5O4. The SMILES string of the molecule is OC[C@H]1O[C@@H](n2cnc3c(N4CC5(CCc6ccc(F)cc65)C4)nc(Cl)nc32)[C@H](O)[C@@H]1O. The predicted molar refractivity (Wildman–Crippen MR) is 112 cm³/mol. The van der Waals surface area contributed by atoms with Crippen LogP contribution in [0.2, 0.25) is 5.28 Å². The van der Waals surface area contributed by atoms with Crippen LogP contribution in [0.25, 0.3) is 11.2 Å². The van der Waals surface area contributed by atoms with Crippen molar-refractivity contribution in [2.45, 2.75) is 42.8 Å². The summed E-state index contributed by atoms with van der Waals surface area (Å²) in [5.41, 5.74) is 2.97. The number of benzene rings is 1. The number of halogens is 2. The van der Waals surface area contributed by atoms with Gasteiger partial charge in [0.2, 0.25) is 5.28 Å². The van der Waals surface area contributed by atoms with E-state index in [1.807, 2.05) is 11.0 Å². The third kappa shape index (κ3) is 2.80. The van der Waals surface area contributed by atoms with Crippen molar-refractivity contribution in [3.05, 3.63) is 46.8 Å². The van der Waals surface area contributed by atoms with Gasteiger partial charge in [-0.15, -0.1) is 0 Å². The number of imidazole rings is 1. The van der Waals surface area contributed by atoms with Gasteiger partial charge < -0.3 is 25.0 Å². The fourth-order valence-electron chi connectivity index (χ4n) is 5.32. The van der Waals surface area contributed by atoms with Crippen LogP contribution in [0.5, 0.6) is 0 Å². The van der Waals surface area contributed by atoms with Gasteiger partial charge in [0.1, 0.15) is 24.1 Å². The number of ether oxygens (including phenoxy) is 1. The first-order valence-electron chi connectivity index (χ1n) is 10.5. The van der Waals surface area contributed by atoms with Crippen LogP contribution in [0.1, 0.15) is 23.8 Å². The molecule has 0 amide bonds. The van der Waals surface area contributed by atoms with Crippen LogP contribution in [0.3, 0.4) is 0 Å². The molecule has 2 aromatic heterocycles. The maximum atomic E-state index is 13.9. The number of aliphatic hydroxyl groups is 3. The Balaban J connectivity index is 1.34. The highest BCUT2D eigenvalue weighted by molar-refractivity contribution is 6.28. The molecule has 0 saturated carbocycles. The number of nitrogens with zero attached hydrogens (tertiary/aromatic N) is 5. The summed E-state index contributed by atoms with van der Waals surface area (Å²) in [7, 11) is 0. The molecule has 0 bridgehead atoms. The molecule has 3 N–H and O–H groups in total. The highest BCUT2D eigenvalue weighted by Crippen LogP contribution is 2.48. The summed E-state index contributed by atoms with van der Waals surface area (Å²) < 4.78 is 21.0. The zero-order chi connectivity index (χ0) is 22.2. The molecule has 1 aliphatic carbocycles. The van der Waals surface area contributed by atoms with E-state index in [-0.39, 0.29) is 16.5 Å². The van der Waals surface area contributed by atoms with E-state index in [0.717, 1.165) is 18.4 Å². The van der Waals surface area contributed by atoms with Crippen LogP contribution in [0.4, 0.5) is 10.2 Å². The Kier molecular flexibility index (Phi) is 4.47. The Morgan fingerprint density at radius 3 is 2.78 bits per heavy atom. The second-order valence-electron chi connectivity index (χ2n) is 8.81. The van der Waals surface area contributed by atoms with Gasteiger partial charge in [-0.1, -0.05) is 6.07 Å². The number of hydrogen-bond donors (Lipinski definition) is 3. The topological polar surface area (TPSA) is 117 Å². The number of aryl methyl sites for hydroxylation is 1. The van der Waals surface area contributed by atoms with E-state index in [0.29, 0.717) is 30.1 Å². The van der Waals surface area contributed by atoms with Crippen molar-refractivity contribution in [1.82, 2.24) is 19.5 Å². The molecule has 4 heterocycles. The van der Waals surface area contributed by atoms with Gasteiger partial charge in [0.15, 0.2) is 23.2 Å². The molecule has 1 spiro atoms. The van der Waals surface area contributed by atoms with Crippen LogP contribution < -0.4 is 4.90 Å². The minimum atomic E-state index is -1.26. The van der Waals surface area contributed by atoms with Gasteiger partial charge in [0.05, 0.1) is 12.9 Å². The summed E-state index contributed by atoms with van der Waals surface area (Å²) in [6, 6.07) is 5.01. The first-order valence-corrected chi connectivity index (χ1v) is 10.8. The van der Waals surface area contributed by atoms with Gasteiger partial charge in [0.25, 0.3) is 0 Å².